The Labute approximate surface area is 121 Å². The SMILES string of the molecule is COC(=O)CCCN(C)C(=O)c1ccc(Br)c(C)c1. The van der Waals surface area contributed by atoms with Gasteiger partial charge in [0.05, 0.1) is 7.11 Å². The van der Waals surface area contributed by atoms with Crippen molar-refractivity contribution in [2.24, 2.45) is 0 Å². The molecule has 0 aliphatic heterocycles. The first-order valence-electron chi connectivity index (χ1n) is 6.04. The van der Waals surface area contributed by atoms with Gasteiger partial charge in [-0.2, -0.15) is 0 Å². The Hall–Kier alpha value is -1.36. The van der Waals surface area contributed by atoms with E-state index in [1.54, 1.807) is 18.0 Å². The third-order valence-electron chi connectivity index (χ3n) is 2.85. The Morgan fingerprint density at radius 3 is 2.63 bits per heavy atom. The molecule has 0 atom stereocenters. The molecule has 1 rings (SSSR count). The molecule has 0 spiro atoms. The summed E-state index contributed by atoms with van der Waals surface area (Å²) in [5.41, 5.74) is 1.68. The molecule has 1 aromatic carbocycles. The molecular formula is C14H18BrNO3. The maximum atomic E-state index is 12.1. The minimum absolute atomic E-state index is 0.0412. The van der Waals surface area contributed by atoms with Crippen molar-refractivity contribution < 1.29 is 14.3 Å². The Morgan fingerprint density at radius 1 is 1.37 bits per heavy atom. The normalized spacial score (nSPS) is 10.1. The first-order valence-corrected chi connectivity index (χ1v) is 6.83. The van der Waals surface area contributed by atoms with E-state index in [-0.39, 0.29) is 11.9 Å². The number of amides is 1. The van der Waals surface area contributed by atoms with Crippen LogP contribution in [0.4, 0.5) is 0 Å². The van der Waals surface area contributed by atoms with E-state index in [0.717, 1.165) is 10.0 Å². The van der Waals surface area contributed by atoms with E-state index in [1.807, 2.05) is 19.1 Å². The molecule has 19 heavy (non-hydrogen) atoms. The lowest BCUT2D eigenvalue weighted by Crippen LogP contribution is -2.28. The van der Waals surface area contributed by atoms with Crippen LogP contribution >= 0.6 is 15.9 Å². The topological polar surface area (TPSA) is 46.6 Å². The number of carbonyl (C=O) groups is 2. The van der Waals surface area contributed by atoms with Gasteiger partial charge in [0.15, 0.2) is 0 Å². The molecule has 0 aliphatic carbocycles. The molecule has 5 heteroatoms. The number of esters is 1. The Morgan fingerprint density at radius 2 is 2.05 bits per heavy atom. The second-order valence-corrected chi connectivity index (χ2v) is 5.22. The highest BCUT2D eigenvalue weighted by molar-refractivity contribution is 9.10. The molecule has 0 fully saturated rings. The van der Waals surface area contributed by atoms with Gasteiger partial charge in [-0.15, -0.1) is 0 Å². The molecule has 0 radical (unpaired) electrons. The van der Waals surface area contributed by atoms with Crippen LogP contribution in [-0.2, 0) is 9.53 Å². The van der Waals surface area contributed by atoms with Crippen molar-refractivity contribution in [3.8, 4) is 0 Å². The summed E-state index contributed by atoms with van der Waals surface area (Å²) >= 11 is 3.41. The van der Waals surface area contributed by atoms with Gasteiger partial charge in [-0.05, 0) is 37.1 Å². The molecule has 0 N–H and O–H groups in total. The summed E-state index contributed by atoms with van der Waals surface area (Å²) in [7, 11) is 3.10. The lowest BCUT2D eigenvalue weighted by Gasteiger charge is -2.17. The molecule has 1 aromatic rings. The van der Waals surface area contributed by atoms with Crippen LogP contribution in [0, 0.1) is 6.92 Å². The quantitative estimate of drug-likeness (QED) is 0.781. The zero-order chi connectivity index (χ0) is 14.4. The van der Waals surface area contributed by atoms with Crippen molar-refractivity contribution in [2.45, 2.75) is 19.8 Å². The van der Waals surface area contributed by atoms with E-state index in [0.29, 0.717) is 24.9 Å². The molecule has 0 heterocycles. The maximum Gasteiger partial charge on any atom is 0.305 e. The number of nitrogens with zero attached hydrogens (tertiary/aromatic N) is 1. The highest BCUT2D eigenvalue weighted by Gasteiger charge is 2.12. The Bertz CT molecular complexity index is 474. The van der Waals surface area contributed by atoms with E-state index in [2.05, 4.69) is 20.7 Å². The number of aryl methyl sites for hydroxylation is 1. The van der Waals surface area contributed by atoms with Crippen molar-refractivity contribution in [1.82, 2.24) is 4.90 Å². The van der Waals surface area contributed by atoms with Gasteiger partial charge < -0.3 is 9.64 Å². The van der Waals surface area contributed by atoms with Gasteiger partial charge in [-0.25, -0.2) is 0 Å². The van der Waals surface area contributed by atoms with Crippen LogP contribution < -0.4 is 0 Å². The van der Waals surface area contributed by atoms with Crippen LogP contribution in [0.5, 0.6) is 0 Å². The predicted octanol–water partition coefficient (Wildman–Crippen LogP) is 2.78. The molecule has 0 bridgehead atoms. The summed E-state index contributed by atoms with van der Waals surface area (Å²) in [6.07, 6.45) is 0.928. The molecule has 4 nitrogen and oxygen atoms in total. The van der Waals surface area contributed by atoms with Crippen molar-refractivity contribution >= 4 is 27.8 Å². The summed E-state index contributed by atoms with van der Waals surface area (Å²) < 4.78 is 5.54. The maximum absolute atomic E-state index is 12.1. The van der Waals surface area contributed by atoms with Crippen molar-refractivity contribution in [3.05, 3.63) is 33.8 Å². The fourth-order valence-corrected chi connectivity index (χ4v) is 1.91. The van der Waals surface area contributed by atoms with Crippen LogP contribution in [0.15, 0.2) is 22.7 Å². The first-order chi connectivity index (χ1) is 8.95. The largest absolute Gasteiger partial charge is 0.469 e. The summed E-state index contributed by atoms with van der Waals surface area (Å²) in [4.78, 5) is 24.7. The molecule has 0 unspecified atom stereocenters. The summed E-state index contributed by atoms with van der Waals surface area (Å²) in [6.45, 7) is 2.47. The minimum atomic E-state index is -0.250. The monoisotopic (exact) mass is 327 g/mol. The Balaban J connectivity index is 2.56. The van der Waals surface area contributed by atoms with Crippen LogP contribution in [0.2, 0.25) is 0 Å². The number of hydrogen-bond donors (Lipinski definition) is 0. The number of benzene rings is 1. The van der Waals surface area contributed by atoms with Crippen LogP contribution in [0.25, 0.3) is 0 Å². The van der Waals surface area contributed by atoms with E-state index in [1.165, 1.54) is 7.11 Å². The van der Waals surface area contributed by atoms with Crippen LogP contribution in [0.1, 0.15) is 28.8 Å². The van der Waals surface area contributed by atoms with E-state index in [4.69, 9.17) is 0 Å². The zero-order valence-corrected chi connectivity index (χ0v) is 13.0. The van der Waals surface area contributed by atoms with Crippen molar-refractivity contribution in [3.63, 3.8) is 0 Å². The lowest BCUT2D eigenvalue weighted by molar-refractivity contribution is -0.140. The fraction of sp³-hybridized carbons (Fsp3) is 0.429. The minimum Gasteiger partial charge on any atom is -0.469 e. The van der Waals surface area contributed by atoms with Gasteiger partial charge in [0.2, 0.25) is 0 Å². The van der Waals surface area contributed by atoms with Gasteiger partial charge in [-0.3, -0.25) is 9.59 Å². The number of ether oxygens (including phenoxy) is 1. The smallest absolute Gasteiger partial charge is 0.305 e. The highest BCUT2D eigenvalue weighted by Crippen LogP contribution is 2.18. The first kappa shape index (κ1) is 15.7. The second kappa shape index (κ2) is 7.28. The average Bonchev–Trinajstić information content (AvgIpc) is 2.40. The Kier molecular flexibility index (Phi) is 6.02. The molecule has 1 amide bonds. The zero-order valence-electron chi connectivity index (χ0n) is 11.4. The summed E-state index contributed by atoms with van der Waals surface area (Å²) in [6, 6.07) is 5.50. The number of halogens is 1. The third kappa shape index (κ3) is 4.67. The summed E-state index contributed by atoms with van der Waals surface area (Å²) in [5.74, 6) is -0.291. The van der Waals surface area contributed by atoms with E-state index < -0.39 is 0 Å². The van der Waals surface area contributed by atoms with E-state index in [9.17, 15) is 9.59 Å². The predicted molar refractivity (Wildman–Crippen MR) is 77.1 cm³/mol. The fourth-order valence-electron chi connectivity index (χ4n) is 1.66. The van der Waals surface area contributed by atoms with E-state index >= 15 is 0 Å². The van der Waals surface area contributed by atoms with Crippen molar-refractivity contribution in [2.75, 3.05) is 20.7 Å². The van der Waals surface area contributed by atoms with Crippen molar-refractivity contribution in [1.29, 1.82) is 0 Å². The molecular weight excluding hydrogens is 310 g/mol. The molecule has 0 aliphatic rings. The summed E-state index contributed by atoms with van der Waals surface area (Å²) in [5, 5.41) is 0. The number of methoxy groups -OCH3 is 1. The highest BCUT2D eigenvalue weighted by atomic mass is 79.9. The molecule has 0 saturated heterocycles. The van der Waals surface area contributed by atoms with Gasteiger partial charge in [0.25, 0.3) is 5.91 Å². The second-order valence-electron chi connectivity index (χ2n) is 4.37. The van der Waals surface area contributed by atoms with Gasteiger partial charge in [-0.1, -0.05) is 15.9 Å². The van der Waals surface area contributed by atoms with Crippen LogP contribution in [-0.4, -0.2) is 37.5 Å². The standard InChI is InChI=1S/C14H18BrNO3/c1-10-9-11(6-7-12(10)15)14(18)16(2)8-4-5-13(17)19-3/h6-7,9H,4-5,8H2,1-3H3. The van der Waals surface area contributed by atoms with Gasteiger partial charge in [0, 0.05) is 30.0 Å². The molecule has 104 valence electrons. The van der Waals surface area contributed by atoms with Crippen LogP contribution in [0.3, 0.4) is 0 Å². The number of rotatable bonds is 5. The number of hydrogen-bond acceptors (Lipinski definition) is 3. The van der Waals surface area contributed by atoms with Gasteiger partial charge >= 0.3 is 5.97 Å². The molecule has 0 saturated carbocycles. The van der Waals surface area contributed by atoms with Gasteiger partial charge in [0.1, 0.15) is 0 Å². The average molecular weight is 328 g/mol. The number of carbonyl (C=O) groups excluding carboxylic acids is 2. The lowest BCUT2D eigenvalue weighted by atomic mass is 10.1. The third-order valence-corrected chi connectivity index (χ3v) is 3.74. The molecule has 0 aromatic heterocycles.